The zero-order chi connectivity index (χ0) is 16.0. The molecule has 0 bridgehead atoms. The number of likely N-dealkylation sites (tertiary alicyclic amines) is 1. The van der Waals surface area contributed by atoms with Crippen LogP contribution in [0.2, 0.25) is 0 Å². The summed E-state index contributed by atoms with van der Waals surface area (Å²) in [6.07, 6.45) is 2.88. The number of benzene rings is 1. The Morgan fingerprint density at radius 1 is 1.18 bits per heavy atom. The fourth-order valence-electron chi connectivity index (χ4n) is 2.76. The first-order valence-corrected chi connectivity index (χ1v) is 9.51. The van der Waals surface area contributed by atoms with E-state index in [1.54, 1.807) is 24.3 Å². The molecule has 1 aliphatic rings. The lowest BCUT2D eigenvalue weighted by Crippen LogP contribution is -2.44. The fraction of sp³-hybridized carbons (Fsp3) is 0.625. The Balaban J connectivity index is 1.93. The Labute approximate surface area is 133 Å². The maximum Gasteiger partial charge on any atom is 0.240 e. The van der Waals surface area contributed by atoms with E-state index >= 15 is 0 Å². The van der Waals surface area contributed by atoms with Crippen molar-refractivity contribution in [1.29, 1.82) is 0 Å². The van der Waals surface area contributed by atoms with Crippen LogP contribution in [0.4, 0.5) is 0 Å². The quantitative estimate of drug-likeness (QED) is 0.835. The smallest absolute Gasteiger partial charge is 0.240 e. The van der Waals surface area contributed by atoms with Crippen LogP contribution in [0, 0.1) is 0 Å². The fourth-order valence-corrected chi connectivity index (χ4v) is 4.06. The molecule has 0 spiro atoms. The van der Waals surface area contributed by atoms with E-state index in [0.717, 1.165) is 38.9 Å². The van der Waals surface area contributed by atoms with Gasteiger partial charge in [0.15, 0.2) is 0 Å². The minimum Gasteiger partial charge on any atom is -0.494 e. The molecule has 0 unspecified atom stereocenters. The van der Waals surface area contributed by atoms with Gasteiger partial charge in [0.05, 0.1) is 11.5 Å². The zero-order valence-electron chi connectivity index (χ0n) is 13.4. The molecule has 6 heteroatoms. The molecular weight excluding hydrogens is 300 g/mol. The Morgan fingerprint density at radius 3 is 2.36 bits per heavy atom. The third kappa shape index (κ3) is 4.69. The second kappa shape index (κ2) is 7.94. The van der Waals surface area contributed by atoms with Crippen molar-refractivity contribution in [3.63, 3.8) is 0 Å². The Kier molecular flexibility index (Phi) is 6.23. The number of sulfonamides is 1. The molecule has 1 saturated heterocycles. The maximum absolute atomic E-state index is 12.4. The number of ether oxygens (including phenoxy) is 1. The highest BCUT2D eigenvalue weighted by atomic mass is 32.2. The second-order valence-electron chi connectivity index (χ2n) is 5.64. The maximum atomic E-state index is 12.4. The summed E-state index contributed by atoms with van der Waals surface area (Å²) in [5.74, 6) is 0.689. The van der Waals surface area contributed by atoms with Crippen molar-refractivity contribution in [1.82, 2.24) is 9.62 Å². The SMILES string of the molecule is CCCN1CCC(NS(=O)(=O)c2ccc(OCC)cc2)CC1. The van der Waals surface area contributed by atoms with E-state index in [-0.39, 0.29) is 6.04 Å². The first kappa shape index (κ1) is 17.2. The van der Waals surface area contributed by atoms with Crippen LogP contribution in [-0.4, -0.2) is 45.6 Å². The highest BCUT2D eigenvalue weighted by Crippen LogP contribution is 2.18. The lowest BCUT2D eigenvalue weighted by molar-refractivity contribution is 0.208. The normalized spacial score (nSPS) is 17.5. The predicted octanol–water partition coefficient (Wildman–Crippen LogP) is 2.24. The molecule has 2 rings (SSSR count). The van der Waals surface area contributed by atoms with Crippen LogP contribution in [0.25, 0.3) is 0 Å². The number of hydrogen-bond donors (Lipinski definition) is 1. The van der Waals surface area contributed by atoms with Gasteiger partial charge >= 0.3 is 0 Å². The van der Waals surface area contributed by atoms with E-state index in [1.807, 2.05) is 6.92 Å². The van der Waals surface area contributed by atoms with Crippen LogP contribution in [0.1, 0.15) is 33.1 Å². The van der Waals surface area contributed by atoms with Gasteiger partial charge in [-0.1, -0.05) is 6.92 Å². The van der Waals surface area contributed by atoms with Gasteiger partial charge in [0.2, 0.25) is 10.0 Å². The van der Waals surface area contributed by atoms with Gasteiger partial charge < -0.3 is 9.64 Å². The van der Waals surface area contributed by atoms with Gasteiger partial charge in [-0.15, -0.1) is 0 Å². The number of rotatable bonds is 7. The summed E-state index contributed by atoms with van der Waals surface area (Å²) in [5.41, 5.74) is 0. The van der Waals surface area contributed by atoms with E-state index < -0.39 is 10.0 Å². The molecule has 0 amide bonds. The van der Waals surface area contributed by atoms with E-state index in [9.17, 15) is 8.42 Å². The average molecular weight is 326 g/mol. The van der Waals surface area contributed by atoms with Gasteiger partial charge in [-0.2, -0.15) is 0 Å². The molecule has 0 aromatic heterocycles. The summed E-state index contributed by atoms with van der Waals surface area (Å²) in [5, 5.41) is 0. The lowest BCUT2D eigenvalue weighted by atomic mass is 10.1. The number of nitrogens with one attached hydrogen (secondary N) is 1. The summed E-state index contributed by atoms with van der Waals surface area (Å²) in [4.78, 5) is 2.69. The third-order valence-electron chi connectivity index (χ3n) is 3.89. The Bertz CT molecular complexity index is 549. The van der Waals surface area contributed by atoms with Crippen molar-refractivity contribution in [2.45, 2.75) is 44.0 Å². The average Bonchev–Trinajstić information content (AvgIpc) is 2.50. The molecule has 124 valence electrons. The van der Waals surface area contributed by atoms with Crippen molar-refractivity contribution in [2.24, 2.45) is 0 Å². The first-order chi connectivity index (χ1) is 10.5. The topological polar surface area (TPSA) is 58.6 Å². The van der Waals surface area contributed by atoms with Gasteiger partial charge in [0.1, 0.15) is 5.75 Å². The summed E-state index contributed by atoms with van der Waals surface area (Å²) in [6, 6.07) is 6.62. The van der Waals surface area contributed by atoms with Crippen LogP contribution in [-0.2, 0) is 10.0 Å². The van der Waals surface area contributed by atoms with Crippen molar-refractivity contribution < 1.29 is 13.2 Å². The molecule has 1 aromatic carbocycles. The van der Waals surface area contributed by atoms with E-state index in [0.29, 0.717) is 17.3 Å². The standard InChI is InChI=1S/C16H26N2O3S/c1-3-11-18-12-9-14(10-13-18)17-22(19,20)16-7-5-15(6-8-16)21-4-2/h5-8,14,17H,3-4,9-13H2,1-2H3. The molecule has 5 nitrogen and oxygen atoms in total. The molecule has 1 heterocycles. The Morgan fingerprint density at radius 2 is 1.82 bits per heavy atom. The van der Waals surface area contributed by atoms with Gasteiger partial charge in [-0.05, 0) is 70.1 Å². The molecule has 0 saturated carbocycles. The van der Waals surface area contributed by atoms with Gasteiger partial charge in [-0.25, -0.2) is 13.1 Å². The predicted molar refractivity (Wildman–Crippen MR) is 87.7 cm³/mol. The number of hydrogen-bond acceptors (Lipinski definition) is 4. The molecule has 0 atom stereocenters. The highest BCUT2D eigenvalue weighted by molar-refractivity contribution is 7.89. The minimum atomic E-state index is -3.45. The van der Waals surface area contributed by atoms with Crippen molar-refractivity contribution in [3.05, 3.63) is 24.3 Å². The molecule has 1 aromatic rings. The molecular formula is C16H26N2O3S. The van der Waals surface area contributed by atoms with E-state index in [2.05, 4.69) is 16.5 Å². The largest absolute Gasteiger partial charge is 0.494 e. The van der Waals surface area contributed by atoms with Crippen molar-refractivity contribution >= 4 is 10.0 Å². The van der Waals surface area contributed by atoms with Gasteiger partial charge in [0, 0.05) is 6.04 Å². The summed E-state index contributed by atoms with van der Waals surface area (Å²) < 4.78 is 33.0. The van der Waals surface area contributed by atoms with E-state index in [1.165, 1.54) is 0 Å². The summed E-state index contributed by atoms with van der Waals surface area (Å²) in [7, 11) is -3.45. The Hall–Kier alpha value is -1.11. The molecule has 22 heavy (non-hydrogen) atoms. The summed E-state index contributed by atoms with van der Waals surface area (Å²) in [6.45, 7) is 7.66. The molecule has 0 aliphatic carbocycles. The van der Waals surface area contributed by atoms with Gasteiger partial charge in [-0.3, -0.25) is 0 Å². The third-order valence-corrected chi connectivity index (χ3v) is 5.43. The van der Waals surface area contributed by atoms with E-state index in [4.69, 9.17) is 4.74 Å². The van der Waals surface area contributed by atoms with Crippen LogP contribution >= 0.6 is 0 Å². The lowest BCUT2D eigenvalue weighted by Gasteiger charge is -2.31. The number of nitrogens with zero attached hydrogens (tertiary/aromatic N) is 1. The zero-order valence-corrected chi connectivity index (χ0v) is 14.2. The van der Waals surface area contributed by atoms with Crippen LogP contribution < -0.4 is 9.46 Å². The molecule has 0 radical (unpaired) electrons. The highest BCUT2D eigenvalue weighted by Gasteiger charge is 2.24. The second-order valence-corrected chi connectivity index (χ2v) is 7.36. The van der Waals surface area contributed by atoms with Crippen molar-refractivity contribution in [3.8, 4) is 5.75 Å². The summed E-state index contributed by atoms with van der Waals surface area (Å²) >= 11 is 0. The first-order valence-electron chi connectivity index (χ1n) is 8.02. The van der Waals surface area contributed by atoms with Crippen molar-refractivity contribution in [2.75, 3.05) is 26.2 Å². The monoisotopic (exact) mass is 326 g/mol. The van der Waals surface area contributed by atoms with Crippen LogP contribution in [0.3, 0.4) is 0 Å². The van der Waals surface area contributed by atoms with Gasteiger partial charge in [0.25, 0.3) is 0 Å². The number of piperidine rings is 1. The molecule has 1 aliphatic heterocycles. The van der Waals surface area contributed by atoms with Crippen LogP contribution in [0.5, 0.6) is 5.75 Å². The molecule has 1 N–H and O–H groups in total. The molecule has 1 fully saturated rings. The minimum absolute atomic E-state index is 0.0321. The van der Waals surface area contributed by atoms with Crippen LogP contribution in [0.15, 0.2) is 29.2 Å².